The van der Waals surface area contributed by atoms with Gasteiger partial charge in [-0.3, -0.25) is 4.90 Å². The van der Waals surface area contributed by atoms with E-state index in [1.54, 1.807) is 7.11 Å². The number of halogens is 1. The van der Waals surface area contributed by atoms with Crippen molar-refractivity contribution >= 4 is 11.6 Å². The Labute approximate surface area is 127 Å². The summed E-state index contributed by atoms with van der Waals surface area (Å²) in [7, 11) is 3.73. The fraction of sp³-hybridized carbons (Fsp3) is 0.625. The topological polar surface area (TPSA) is 24.5 Å². The lowest BCUT2D eigenvalue weighted by Gasteiger charge is -2.36. The zero-order valence-corrected chi connectivity index (χ0v) is 13.2. The van der Waals surface area contributed by atoms with Crippen molar-refractivity contribution < 1.29 is 4.74 Å². The fourth-order valence-corrected chi connectivity index (χ4v) is 3.22. The normalized spacial score (nSPS) is 20.1. The average Bonchev–Trinajstić information content (AvgIpc) is 2.48. The summed E-state index contributed by atoms with van der Waals surface area (Å²) in [6, 6.07) is 6.54. The molecule has 1 heterocycles. The Morgan fingerprint density at radius 1 is 1.40 bits per heavy atom. The van der Waals surface area contributed by atoms with E-state index in [1.165, 1.54) is 25.7 Å². The van der Waals surface area contributed by atoms with E-state index in [-0.39, 0.29) is 0 Å². The van der Waals surface area contributed by atoms with Crippen molar-refractivity contribution in [2.45, 2.75) is 38.3 Å². The molecule has 1 aliphatic heterocycles. The van der Waals surface area contributed by atoms with E-state index < -0.39 is 0 Å². The van der Waals surface area contributed by atoms with Gasteiger partial charge in [0.1, 0.15) is 5.75 Å². The number of nitrogens with zero attached hydrogens (tertiary/aromatic N) is 1. The number of rotatable bonds is 6. The summed E-state index contributed by atoms with van der Waals surface area (Å²) in [5, 5.41) is 4.06. The number of nitrogens with one attached hydrogen (secondary N) is 1. The van der Waals surface area contributed by atoms with Gasteiger partial charge in [-0.25, -0.2) is 0 Å². The summed E-state index contributed by atoms with van der Waals surface area (Å²) >= 11 is 6.36. The van der Waals surface area contributed by atoms with Gasteiger partial charge in [-0.2, -0.15) is 0 Å². The van der Waals surface area contributed by atoms with Gasteiger partial charge in [-0.1, -0.05) is 24.1 Å². The Morgan fingerprint density at radius 2 is 2.25 bits per heavy atom. The molecule has 0 amide bonds. The third-order valence-corrected chi connectivity index (χ3v) is 4.49. The quantitative estimate of drug-likeness (QED) is 0.871. The number of likely N-dealkylation sites (tertiary alicyclic amines) is 1. The van der Waals surface area contributed by atoms with E-state index in [0.717, 1.165) is 36.0 Å². The zero-order valence-electron chi connectivity index (χ0n) is 12.5. The van der Waals surface area contributed by atoms with Gasteiger partial charge >= 0.3 is 0 Å². The van der Waals surface area contributed by atoms with Gasteiger partial charge in [-0.05, 0) is 51.5 Å². The van der Waals surface area contributed by atoms with Crippen LogP contribution in [0.5, 0.6) is 5.75 Å². The highest BCUT2D eigenvalue weighted by atomic mass is 35.5. The Balaban J connectivity index is 2.10. The van der Waals surface area contributed by atoms with Crippen LogP contribution in [0, 0.1) is 0 Å². The minimum atomic E-state index is 0.650. The molecule has 1 aromatic rings. The number of piperidine rings is 1. The van der Waals surface area contributed by atoms with Gasteiger partial charge in [0.2, 0.25) is 0 Å². The summed E-state index contributed by atoms with van der Waals surface area (Å²) in [6.45, 7) is 3.11. The second kappa shape index (κ2) is 7.87. The SMILES string of the molecule is CNCCC1CCCCN1Cc1c(Cl)cccc1OC. The first-order valence-electron chi connectivity index (χ1n) is 7.46. The van der Waals surface area contributed by atoms with Gasteiger partial charge in [-0.15, -0.1) is 0 Å². The maximum absolute atomic E-state index is 6.36. The lowest BCUT2D eigenvalue weighted by Crippen LogP contribution is -2.40. The van der Waals surface area contributed by atoms with Crippen molar-refractivity contribution in [1.82, 2.24) is 10.2 Å². The molecular formula is C16H25ClN2O. The number of methoxy groups -OCH3 is 1. The highest BCUT2D eigenvalue weighted by Crippen LogP contribution is 2.30. The lowest BCUT2D eigenvalue weighted by molar-refractivity contribution is 0.131. The summed E-state index contributed by atoms with van der Waals surface area (Å²) in [5.41, 5.74) is 1.12. The first kappa shape index (κ1) is 15.6. The molecule has 1 unspecified atom stereocenters. The summed E-state index contributed by atoms with van der Waals surface area (Å²) < 4.78 is 5.46. The molecule has 1 atom stereocenters. The molecule has 0 spiro atoms. The molecule has 0 bridgehead atoms. The molecule has 1 N–H and O–H groups in total. The lowest BCUT2D eigenvalue weighted by atomic mass is 9.98. The molecule has 0 aliphatic carbocycles. The van der Waals surface area contributed by atoms with Crippen LogP contribution in [0.1, 0.15) is 31.2 Å². The van der Waals surface area contributed by atoms with Gasteiger partial charge in [0.25, 0.3) is 0 Å². The second-order valence-electron chi connectivity index (χ2n) is 5.43. The molecule has 112 valence electrons. The van der Waals surface area contributed by atoms with Crippen LogP contribution in [-0.2, 0) is 6.54 Å². The molecule has 3 nitrogen and oxygen atoms in total. The number of benzene rings is 1. The maximum Gasteiger partial charge on any atom is 0.124 e. The Hall–Kier alpha value is -0.770. The summed E-state index contributed by atoms with van der Waals surface area (Å²) in [5.74, 6) is 0.899. The molecule has 20 heavy (non-hydrogen) atoms. The molecule has 1 saturated heterocycles. The van der Waals surface area contributed by atoms with Crippen LogP contribution >= 0.6 is 11.6 Å². The molecule has 1 aliphatic rings. The van der Waals surface area contributed by atoms with Gasteiger partial charge in [0, 0.05) is 23.2 Å². The maximum atomic E-state index is 6.36. The molecule has 0 saturated carbocycles. The van der Waals surface area contributed by atoms with Gasteiger partial charge < -0.3 is 10.1 Å². The van der Waals surface area contributed by atoms with Crippen LogP contribution in [-0.4, -0.2) is 38.2 Å². The van der Waals surface area contributed by atoms with Crippen LogP contribution in [0.15, 0.2) is 18.2 Å². The number of hydrogen-bond acceptors (Lipinski definition) is 3. The molecule has 4 heteroatoms. The third kappa shape index (κ3) is 3.87. The van der Waals surface area contributed by atoms with Crippen molar-refractivity contribution in [1.29, 1.82) is 0 Å². The fourth-order valence-electron chi connectivity index (χ4n) is 2.99. The number of hydrogen-bond donors (Lipinski definition) is 1. The Bertz CT molecular complexity index is 425. The van der Waals surface area contributed by atoms with E-state index in [1.807, 2.05) is 25.2 Å². The van der Waals surface area contributed by atoms with Crippen molar-refractivity contribution in [3.8, 4) is 5.75 Å². The third-order valence-electron chi connectivity index (χ3n) is 4.13. The number of ether oxygens (including phenoxy) is 1. The highest BCUT2D eigenvalue weighted by Gasteiger charge is 2.23. The second-order valence-corrected chi connectivity index (χ2v) is 5.84. The van der Waals surface area contributed by atoms with Crippen molar-refractivity contribution in [2.24, 2.45) is 0 Å². The molecular weight excluding hydrogens is 272 g/mol. The zero-order chi connectivity index (χ0) is 14.4. The predicted octanol–water partition coefficient (Wildman–Crippen LogP) is 3.31. The van der Waals surface area contributed by atoms with Crippen LogP contribution in [0.4, 0.5) is 0 Å². The molecule has 2 rings (SSSR count). The van der Waals surface area contributed by atoms with Crippen LogP contribution in [0.3, 0.4) is 0 Å². The van der Waals surface area contributed by atoms with Crippen molar-refractivity contribution in [3.05, 3.63) is 28.8 Å². The van der Waals surface area contributed by atoms with Crippen LogP contribution < -0.4 is 10.1 Å². The molecule has 1 aromatic carbocycles. The van der Waals surface area contributed by atoms with E-state index in [4.69, 9.17) is 16.3 Å². The molecule has 1 fully saturated rings. The molecule has 0 aromatic heterocycles. The summed E-state index contributed by atoms with van der Waals surface area (Å²) in [6.07, 6.45) is 5.10. The Morgan fingerprint density at radius 3 is 3.00 bits per heavy atom. The van der Waals surface area contributed by atoms with Crippen LogP contribution in [0.2, 0.25) is 5.02 Å². The van der Waals surface area contributed by atoms with Crippen molar-refractivity contribution in [3.63, 3.8) is 0 Å². The largest absolute Gasteiger partial charge is 0.496 e. The van der Waals surface area contributed by atoms with E-state index in [0.29, 0.717) is 6.04 Å². The van der Waals surface area contributed by atoms with E-state index in [9.17, 15) is 0 Å². The van der Waals surface area contributed by atoms with Crippen LogP contribution in [0.25, 0.3) is 0 Å². The van der Waals surface area contributed by atoms with Gasteiger partial charge in [0.15, 0.2) is 0 Å². The highest BCUT2D eigenvalue weighted by molar-refractivity contribution is 6.31. The summed E-state index contributed by atoms with van der Waals surface area (Å²) in [4.78, 5) is 2.56. The smallest absolute Gasteiger partial charge is 0.124 e. The van der Waals surface area contributed by atoms with Gasteiger partial charge in [0.05, 0.1) is 7.11 Å². The van der Waals surface area contributed by atoms with E-state index >= 15 is 0 Å². The van der Waals surface area contributed by atoms with E-state index in [2.05, 4.69) is 10.2 Å². The predicted molar refractivity (Wildman–Crippen MR) is 84.6 cm³/mol. The molecule has 0 radical (unpaired) electrons. The monoisotopic (exact) mass is 296 g/mol. The average molecular weight is 297 g/mol. The first-order chi connectivity index (χ1) is 9.76. The standard InChI is InChI=1S/C16H25ClN2O/c1-18-10-9-13-6-3-4-11-19(13)12-14-15(17)7-5-8-16(14)20-2/h5,7-8,13,18H,3-4,6,9-12H2,1-2H3. The Kier molecular flexibility index (Phi) is 6.14. The first-order valence-corrected chi connectivity index (χ1v) is 7.84. The minimum absolute atomic E-state index is 0.650. The minimum Gasteiger partial charge on any atom is -0.496 e. The van der Waals surface area contributed by atoms with Crippen molar-refractivity contribution in [2.75, 3.05) is 27.2 Å².